The highest BCUT2D eigenvalue weighted by Gasteiger charge is 1.99. The van der Waals surface area contributed by atoms with Crippen LogP contribution in [0.3, 0.4) is 0 Å². The highest BCUT2D eigenvalue weighted by atomic mass is 16.5. The zero-order valence-corrected chi connectivity index (χ0v) is 5.20. The summed E-state index contributed by atoms with van der Waals surface area (Å²) in [6.45, 7) is 0. The van der Waals surface area contributed by atoms with Gasteiger partial charge in [-0.3, -0.25) is 4.79 Å². The summed E-state index contributed by atoms with van der Waals surface area (Å²) in [7, 11) is 0. The van der Waals surface area contributed by atoms with Crippen LogP contribution in [0.15, 0.2) is 10.6 Å². The van der Waals surface area contributed by atoms with Crippen LogP contribution in [0.1, 0.15) is 16.2 Å². The lowest BCUT2D eigenvalue weighted by atomic mass is 10.3. The minimum absolute atomic E-state index is 0.213. The average Bonchev–Trinajstić information content (AvgIpc) is 2.37. The summed E-state index contributed by atoms with van der Waals surface area (Å²) in [5.41, 5.74) is 0.615. The van der Waals surface area contributed by atoms with Gasteiger partial charge in [-0.2, -0.15) is 0 Å². The number of rotatable bonds is 2. The average molecular weight is 135 g/mol. The minimum Gasteiger partial charge on any atom is -0.353 e. The molecule has 10 heavy (non-hydrogen) atoms. The fourth-order valence-electron chi connectivity index (χ4n) is 0.572. The molecule has 0 saturated carbocycles. The zero-order chi connectivity index (χ0) is 7.40. The van der Waals surface area contributed by atoms with Crippen molar-refractivity contribution in [2.45, 2.75) is 6.42 Å². The van der Waals surface area contributed by atoms with Gasteiger partial charge in [0.05, 0.1) is 12.1 Å². The predicted octanol–water partition coefficient (Wildman–Crippen LogP) is 0.663. The molecule has 0 unspecified atom stereocenters. The Morgan fingerprint density at radius 2 is 2.70 bits per heavy atom. The summed E-state index contributed by atoms with van der Waals surface area (Å²) < 4.78 is 4.55. The molecule has 0 spiro atoms. The van der Waals surface area contributed by atoms with Crippen molar-refractivity contribution in [3.8, 4) is 12.3 Å². The zero-order valence-electron chi connectivity index (χ0n) is 5.20. The van der Waals surface area contributed by atoms with Crippen LogP contribution in [0.4, 0.5) is 0 Å². The Balaban J connectivity index is 2.80. The molecule has 0 fully saturated rings. The number of nitrogens with zero attached hydrogens (tertiary/aromatic N) is 1. The van der Waals surface area contributed by atoms with Crippen LogP contribution >= 0.6 is 0 Å². The number of aromatic nitrogens is 1. The van der Waals surface area contributed by atoms with Crippen molar-refractivity contribution in [2.75, 3.05) is 0 Å². The van der Waals surface area contributed by atoms with Crippen LogP contribution in [0, 0.1) is 12.3 Å². The molecule has 0 bridgehead atoms. The lowest BCUT2D eigenvalue weighted by Gasteiger charge is -1.75. The smallest absolute Gasteiger partial charge is 0.199 e. The summed E-state index contributed by atoms with van der Waals surface area (Å²) in [6.07, 6.45) is 5.98. The Labute approximate surface area is 58.0 Å². The van der Waals surface area contributed by atoms with Gasteiger partial charge in [0.15, 0.2) is 12.0 Å². The molecular formula is C7H5NO2. The first-order chi connectivity index (χ1) is 4.86. The van der Waals surface area contributed by atoms with Crippen molar-refractivity contribution < 1.29 is 9.32 Å². The summed E-state index contributed by atoms with van der Waals surface area (Å²) in [4.78, 5) is 10.0. The second kappa shape index (κ2) is 2.83. The van der Waals surface area contributed by atoms with Crippen LogP contribution in [-0.2, 0) is 6.42 Å². The highest BCUT2D eigenvalue weighted by molar-refractivity contribution is 5.70. The number of hydrogen-bond acceptors (Lipinski definition) is 3. The van der Waals surface area contributed by atoms with E-state index in [2.05, 4.69) is 15.6 Å². The molecule has 0 atom stereocenters. The van der Waals surface area contributed by atoms with Gasteiger partial charge in [-0.25, -0.2) is 0 Å². The van der Waals surface area contributed by atoms with Crippen LogP contribution in [0.2, 0.25) is 0 Å². The molecule has 0 aromatic carbocycles. The summed E-state index contributed by atoms with van der Waals surface area (Å²) in [5, 5.41) is 3.53. The molecule has 50 valence electrons. The molecule has 0 amide bonds. The monoisotopic (exact) mass is 135 g/mol. The highest BCUT2D eigenvalue weighted by Crippen LogP contribution is 1.99. The Hall–Kier alpha value is -1.56. The van der Waals surface area contributed by atoms with Crippen molar-refractivity contribution in [3.05, 3.63) is 17.5 Å². The molecule has 1 heterocycles. The van der Waals surface area contributed by atoms with E-state index in [-0.39, 0.29) is 5.76 Å². The molecule has 0 N–H and O–H groups in total. The fraction of sp³-hybridized carbons (Fsp3) is 0.143. The molecule has 0 aliphatic carbocycles. The van der Waals surface area contributed by atoms with E-state index in [1.807, 2.05) is 0 Å². The van der Waals surface area contributed by atoms with Crippen LogP contribution in [0.5, 0.6) is 0 Å². The van der Waals surface area contributed by atoms with Crippen molar-refractivity contribution in [2.24, 2.45) is 0 Å². The third-order valence-electron chi connectivity index (χ3n) is 0.977. The molecule has 1 aromatic rings. The van der Waals surface area contributed by atoms with Crippen molar-refractivity contribution in [3.63, 3.8) is 0 Å². The van der Waals surface area contributed by atoms with Gasteiger partial charge in [0.1, 0.15) is 0 Å². The van der Waals surface area contributed by atoms with Gasteiger partial charge < -0.3 is 4.52 Å². The summed E-state index contributed by atoms with van der Waals surface area (Å²) in [6, 6.07) is 1.52. The van der Waals surface area contributed by atoms with E-state index in [9.17, 15) is 4.79 Å². The maximum absolute atomic E-state index is 10.0. The standard InChI is InChI=1S/C7H5NO2/c1-2-3-6-4-7(5-9)10-8-6/h1,4-5H,3H2. The molecule has 1 aromatic heterocycles. The van der Waals surface area contributed by atoms with Gasteiger partial charge in [0.25, 0.3) is 0 Å². The van der Waals surface area contributed by atoms with E-state index in [0.717, 1.165) is 0 Å². The predicted molar refractivity (Wildman–Crippen MR) is 34.4 cm³/mol. The Morgan fingerprint density at radius 1 is 1.90 bits per heavy atom. The summed E-state index contributed by atoms with van der Waals surface area (Å²) in [5.74, 6) is 2.60. The Morgan fingerprint density at radius 3 is 3.20 bits per heavy atom. The Kier molecular flexibility index (Phi) is 1.86. The molecule has 1 rings (SSSR count). The number of terminal acetylenes is 1. The van der Waals surface area contributed by atoms with Gasteiger partial charge in [0.2, 0.25) is 0 Å². The molecular weight excluding hydrogens is 130 g/mol. The second-order valence-electron chi connectivity index (χ2n) is 1.72. The van der Waals surface area contributed by atoms with Crippen molar-refractivity contribution >= 4 is 6.29 Å². The molecule has 0 aliphatic rings. The normalized spacial score (nSPS) is 8.70. The lowest BCUT2D eigenvalue weighted by Crippen LogP contribution is -1.77. The topological polar surface area (TPSA) is 43.1 Å². The molecule has 0 aliphatic heterocycles. The molecule has 0 saturated heterocycles. The first kappa shape index (κ1) is 6.56. The van der Waals surface area contributed by atoms with E-state index in [0.29, 0.717) is 18.4 Å². The van der Waals surface area contributed by atoms with E-state index in [4.69, 9.17) is 6.42 Å². The van der Waals surface area contributed by atoms with Crippen LogP contribution in [-0.4, -0.2) is 11.4 Å². The molecule has 0 radical (unpaired) electrons. The van der Waals surface area contributed by atoms with E-state index in [1.54, 1.807) is 0 Å². The van der Waals surface area contributed by atoms with Gasteiger partial charge >= 0.3 is 0 Å². The largest absolute Gasteiger partial charge is 0.353 e. The molecule has 3 nitrogen and oxygen atoms in total. The third kappa shape index (κ3) is 1.23. The van der Waals surface area contributed by atoms with Gasteiger partial charge in [-0.1, -0.05) is 5.16 Å². The van der Waals surface area contributed by atoms with E-state index < -0.39 is 0 Å². The van der Waals surface area contributed by atoms with E-state index in [1.165, 1.54) is 6.07 Å². The van der Waals surface area contributed by atoms with Crippen molar-refractivity contribution in [1.82, 2.24) is 5.16 Å². The molecule has 3 heteroatoms. The van der Waals surface area contributed by atoms with Crippen LogP contribution < -0.4 is 0 Å². The van der Waals surface area contributed by atoms with Gasteiger partial charge in [-0.15, -0.1) is 12.3 Å². The van der Waals surface area contributed by atoms with Crippen molar-refractivity contribution in [1.29, 1.82) is 0 Å². The summed E-state index contributed by atoms with van der Waals surface area (Å²) >= 11 is 0. The maximum Gasteiger partial charge on any atom is 0.199 e. The second-order valence-corrected chi connectivity index (χ2v) is 1.72. The number of carbonyl (C=O) groups is 1. The first-order valence-electron chi connectivity index (χ1n) is 2.71. The quantitative estimate of drug-likeness (QED) is 0.442. The number of aldehydes is 1. The maximum atomic E-state index is 10.0. The van der Waals surface area contributed by atoms with Gasteiger partial charge in [0, 0.05) is 6.07 Å². The lowest BCUT2D eigenvalue weighted by molar-refractivity contribution is 0.109. The Bertz CT molecular complexity index is 269. The first-order valence-corrected chi connectivity index (χ1v) is 2.71. The van der Waals surface area contributed by atoms with Gasteiger partial charge in [-0.05, 0) is 0 Å². The van der Waals surface area contributed by atoms with Crippen LogP contribution in [0.25, 0.3) is 0 Å². The minimum atomic E-state index is 0.213. The number of carbonyl (C=O) groups excluding carboxylic acids is 1. The SMILES string of the molecule is C#CCc1cc(C=O)on1. The third-order valence-corrected chi connectivity index (χ3v) is 0.977. The fourth-order valence-corrected chi connectivity index (χ4v) is 0.572. The van der Waals surface area contributed by atoms with E-state index >= 15 is 0 Å². The number of hydrogen-bond donors (Lipinski definition) is 0.